The summed E-state index contributed by atoms with van der Waals surface area (Å²) in [5.41, 5.74) is 0. The third-order valence-electron chi connectivity index (χ3n) is 5.02. The fraction of sp³-hybridized carbons (Fsp3) is 0.706. The zero-order chi connectivity index (χ0) is 16.9. The standard InChI is InChI=1S/C17H27N5O2/c1-14(21-11-9-20(2)10-12-21)17(23)22-7-3-15(4-8-22)24-16-13-18-5-6-19-16/h5-6,13-15H,3-4,7-12H2,1-2H3. The molecule has 1 atom stereocenters. The summed E-state index contributed by atoms with van der Waals surface area (Å²) in [6, 6.07) is -0.0313. The molecule has 0 aliphatic carbocycles. The quantitative estimate of drug-likeness (QED) is 0.799. The molecule has 132 valence electrons. The summed E-state index contributed by atoms with van der Waals surface area (Å²) in [6.45, 7) is 7.54. The number of amides is 1. The van der Waals surface area contributed by atoms with Crippen molar-refractivity contribution in [3.63, 3.8) is 0 Å². The van der Waals surface area contributed by atoms with Crippen molar-refractivity contribution in [2.45, 2.75) is 31.9 Å². The lowest BCUT2D eigenvalue weighted by Gasteiger charge is -2.39. The summed E-state index contributed by atoms with van der Waals surface area (Å²) in [5.74, 6) is 0.811. The van der Waals surface area contributed by atoms with Crippen LogP contribution in [0.25, 0.3) is 0 Å². The Morgan fingerprint density at radius 3 is 2.50 bits per heavy atom. The van der Waals surface area contributed by atoms with Crippen LogP contribution in [0.15, 0.2) is 18.6 Å². The van der Waals surface area contributed by atoms with E-state index < -0.39 is 0 Å². The third kappa shape index (κ3) is 4.21. The number of ether oxygens (including phenoxy) is 1. The minimum Gasteiger partial charge on any atom is -0.473 e. The number of likely N-dealkylation sites (N-methyl/N-ethyl adjacent to an activating group) is 1. The highest BCUT2D eigenvalue weighted by atomic mass is 16.5. The predicted octanol–water partition coefficient (Wildman–Crippen LogP) is 0.482. The van der Waals surface area contributed by atoms with Gasteiger partial charge in [-0.2, -0.15) is 0 Å². The van der Waals surface area contributed by atoms with Crippen molar-refractivity contribution >= 4 is 5.91 Å². The fourth-order valence-corrected chi connectivity index (χ4v) is 3.34. The van der Waals surface area contributed by atoms with E-state index >= 15 is 0 Å². The second-order valence-corrected chi connectivity index (χ2v) is 6.70. The Hall–Kier alpha value is -1.73. The maximum absolute atomic E-state index is 12.8. The molecule has 2 aliphatic rings. The largest absolute Gasteiger partial charge is 0.473 e. The monoisotopic (exact) mass is 333 g/mol. The molecule has 0 radical (unpaired) electrons. The van der Waals surface area contributed by atoms with E-state index in [2.05, 4.69) is 26.8 Å². The molecule has 2 fully saturated rings. The average molecular weight is 333 g/mol. The maximum atomic E-state index is 12.8. The van der Waals surface area contributed by atoms with E-state index in [1.807, 2.05) is 11.8 Å². The summed E-state index contributed by atoms with van der Waals surface area (Å²) in [5, 5.41) is 0. The van der Waals surface area contributed by atoms with Crippen LogP contribution in [0, 0.1) is 0 Å². The van der Waals surface area contributed by atoms with Crippen LogP contribution in [0.3, 0.4) is 0 Å². The number of nitrogens with zero attached hydrogens (tertiary/aromatic N) is 5. The van der Waals surface area contributed by atoms with Crippen molar-refractivity contribution in [1.82, 2.24) is 24.7 Å². The molecule has 0 spiro atoms. The number of piperidine rings is 1. The van der Waals surface area contributed by atoms with Crippen molar-refractivity contribution in [3.8, 4) is 5.88 Å². The molecule has 0 aromatic carbocycles. The van der Waals surface area contributed by atoms with Gasteiger partial charge in [-0.05, 0) is 14.0 Å². The molecule has 3 rings (SSSR count). The number of carbonyl (C=O) groups excluding carboxylic acids is 1. The smallest absolute Gasteiger partial charge is 0.239 e. The van der Waals surface area contributed by atoms with E-state index in [0.717, 1.165) is 52.1 Å². The topological polar surface area (TPSA) is 61.8 Å². The zero-order valence-electron chi connectivity index (χ0n) is 14.6. The highest BCUT2D eigenvalue weighted by Crippen LogP contribution is 2.18. The van der Waals surface area contributed by atoms with E-state index in [0.29, 0.717) is 5.88 Å². The van der Waals surface area contributed by atoms with E-state index in [1.165, 1.54) is 0 Å². The Morgan fingerprint density at radius 2 is 1.88 bits per heavy atom. The number of carbonyl (C=O) groups is 1. The van der Waals surface area contributed by atoms with Gasteiger partial charge in [0.1, 0.15) is 6.10 Å². The SMILES string of the molecule is CC(C(=O)N1CCC(Oc2cnccn2)CC1)N1CCN(C)CC1. The van der Waals surface area contributed by atoms with E-state index in [1.54, 1.807) is 18.6 Å². The highest BCUT2D eigenvalue weighted by molar-refractivity contribution is 5.81. The molecule has 0 saturated carbocycles. The molecule has 3 heterocycles. The van der Waals surface area contributed by atoms with Crippen LogP contribution >= 0.6 is 0 Å². The summed E-state index contributed by atoms with van der Waals surface area (Å²) in [4.78, 5) is 27.5. The summed E-state index contributed by atoms with van der Waals surface area (Å²) in [6.07, 6.45) is 6.70. The van der Waals surface area contributed by atoms with Gasteiger partial charge in [0.05, 0.1) is 12.2 Å². The molecule has 7 nitrogen and oxygen atoms in total. The zero-order valence-corrected chi connectivity index (χ0v) is 14.6. The Morgan fingerprint density at radius 1 is 1.17 bits per heavy atom. The van der Waals surface area contributed by atoms with Crippen molar-refractivity contribution in [1.29, 1.82) is 0 Å². The number of aromatic nitrogens is 2. The Kier molecular flexibility index (Phi) is 5.63. The van der Waals surface area contributed by atoms with Crippen molar-refractivity contribution in [2.24, 2.45) is 0 Å². The number of rotatable bonds is 4. The maximum Gasteiger partial charge on any atom is 0.239 e. The molecule has 7 heteroatoms. The van der Waals surface area contributed by atoms with Gasteiger partial charge in [0, 0.05) is 64.5 Å². The van der Waals surface area contributed by atoms with Crippen molar-refractivity contribution < 1.29 is 9.53 Å². The minimum atomic E-state index is -0.0313. The van der Waals surface area contributed by atoms with Crippen LogP contribution in [0.5, 0.6) is 5.88 Å². The lowest BCUT2D eigenvalue weighted by molar-refractivity contribution is -0.138. The molecule has 1 aromatic heterocycles. The van der Waals surface area contributed by atoms with Gasteiger partial charge >= 0.3 is 0 Å². The molecule has 1 amide bonds. The molecule has 2 aliphatic heterocycles. The highest BCUT2D eigenvalue weighted by Gasteiger charge is 2.31. The molecular weight excluding hydrogens is 306 g/mol. The van der Waals surface area contributed by atoms with Gasteiger partial charge in [0.25, 0.3) is 0 Å². The van der Waals surface area contributed by atoms with Gasteiger partial charge in [-0.1, -0.05) is 0 Å². The normalized spacial score (nSPS) is 22.3. The Labute approximate surface area is 143 Å². The number of piperazine rings is 1. The summed E-state index contributed by atoms with van der Waals surface area (Å²) >= 11 is 0. The first-order valence-corrected chi connectivity index (χ1v) is 8.77. The fourth-order valence-electron chi connectivity index (χ4n) is 3.34. The second-order valence-electron chi connectivity index (χ2n) is 6.70. The number of hydrogen-bond acceptors (Lipinski definition) is 6. The van der Waals surface area contributed by atoms with Crippen LogP contribution in [0.1, 0.15) is 19.8 Å². The van der Waals surface area contributed by atoms with Gasteiger partial charge in [0.15, 0.2) is 0 Å². The minimum absolute atomic E-state index is 0.0313. The van der Waals surface area contributed by atoms with E-state index in [-0.39, 0.29) is 18.1 Å². The van der Waals surface area contributed by atoms with Gasteiger partial charge in [-0.25, -0.2) is 4.98 Å². The molecule has 24 heavy (non-hydrogen) atoms. The average Bonchev–Trinajstić information content (AvgIpc) is 2.63. The molecular formula is C17H27N5O2. The molecule has 0 bridgehead atoms. The number of likely N-dealkylation sites (tertiary alicyclic amines) is 1. The van der Waals surface area contributed by atoms with Crippen LogP contribution in [0.2, 0.25) is 0 Å². The summed E-state index contributed by atoms with van der Waals surface area (Å²) < 4.78 is 5.84. The van der Waals surface area contributed by atoms with Gasteiger partial charge in [-0.3, -0.25) is 14.7 Å². The molecule has 1 unspecified atom stereocenters. The lowest BCUT2D eigenvalue weighted by Crippen LogP contribution is -2.55. The van der Waals surface area contributed by atoms with E-state index in [4.69, 9.17) is 4.74 Å². The Bertz CT molecular complexity index is 525. The van der Waals surface area contributed by atoms with E-state index in [9.17, 15) is 4.79 Å². The lowest BCUT2D eigenvalue weighted by atomic mass is 10.1. The van der Waals surface area contributed by atoms with Crippen molar-refractivity contribution in [2.75, 3.05) is 46.3 Å². The van der Waals surface area contributed by atoms with Gasteiger partial charge in [0.2, 0.25) is 11.8 Å². The molecule has 2 saturated heterocycles. The third-order valence-corrected chi connectivity index (χ3v) is 5.02. The number of hydrogen-bond donors (Lipinski definition) is 0. The summed E-state index contributed by atoms with van der Waals surface area (Å²) in [7, 11) is 2.13. The predicted molar refractivity (Wildman–Crippen MR) is 90.8 cm³/mol. The first kappa shape index (κ1) is 17.1. The van der Waals surface area contributed by atoms with Crippen LogP contribution in [-0.4, -0.2) is 89.0 Å². The first-order chi connectivity index (χ1) is 11.6. The molecule has 1 aromatic rings. The van der Waals surface area contributed by atoms with Crippen molar-refractivity contribution in [3.05, 3.63) is 18.6 Å². The second kappa shape index (κ2) is 7.90. The van der Waals surface area contributed by atoms with Crippen LogP contribution < -0.4 is 4.74 Å². The molecule has 0 N–H and O–H groups in total. The van der Waals surface area contributed by atoms with Crippen LogP contribution in [0.4, 0.5) is 0 Å². The Balaban J connectivity index is 1.46. The van der Waals surface area contributed by atoms with Gasteiger partial charge < -0.3 is 14.5 Å². The first-order valence-electron chi connectivity index (χ1n) is 8.77. The van der Waals surface area contributed by atoms with Crippen LogP contribution in [-0.2, 0) is 4.79 Å². The van der Waals surface area contributed by atoms with Gasteiger partial charge in [-0.15, -0.1) is 0 Å².